The van der Waals surface area contributed by atoms with Gasteiger partial charge in [-0.25, -0.2) is 0 Å². The molecule has 0 spiro atoms. The van der Waals surface area contributed by atoms with E-state index in [0.717, 1.165) is 47.4 Å². The van der Waals surface area contributed by atoms with Crippen molar-refractivity contribution in [2.45, 2.75) is 19.9 Å². The molecule has 2 aromatic carbocycles. The zero-order valence-corrected chi connectivity index (χ0v) is 17.1. The molecule has 7 nitrogen and oxygen atoms in total. The van der Waals surface area contributed by atoms with Gasteiger partial charge >= 0.3 is 0 Å². The molecule has 7 heteroatoms. The summed E-state index contributed by atoms with van der Waals surface area (Å²) in [6.07, 6.45) is 0.263. The number of carbonyl (C=O) groups excluding carboxylic acids is 2. The highest BCUT2D eigenvalue weighted by Gasteiger charge is 2.22. The third kappa shape index (κ3) is 4.86. The highest BCUT2D eigenvalue weighted by Crippen LogP contribution is 2.18. The second kappa shape index (κ2) is 9.09. The largest absolute Gasteiger partial charge is 0.361 e. The lowest BCUT2D eigenvalue weighted by atomic mass is 10.0. The zero-order valence-electron chi connectivity index (χ0n) is 17.1. The maximum absolute atomic E-state index is 12.5. The van der Waals surface area contributed by atoms with Crippen LogP contribution < -0.4 is 5.32 Å². The molecule has 1 aliphatic heterocycles. The predicted molar refractivity (Wildman–Crippen MR) is 114 cm³/mol. The Hall–Kier alpha value is -3.19. The van der Waals surface area contributed by atoms with E-state index in [2.05, 4.69) is 15.4 Å². The number of aryl methyl sites for hydroxylation is 1. The van der Waals surface area contributed by atoms with Gasteiger partial charge in [-0.3, -0.25) is 14.5 Å². The molecule has 30 heavy (non-hydrogen) atoms. The molecule has 1 aliphatic rings. The number of piperazine rings is 1. The molecule has 0 unspecified atom stereocenters. The molecule has 1 saturated heterocycles. The lowest BCUT2D eigenvalue weighted by Gasteiger charge is -2.34. The molecule has 1 N–H and O–H groups in total. The van der Waals surface area contributed by atoms with Crippen molar-refractivity contribution in [3.05, 3.63) is 65.5 Å². The third-order valence-electron chi connectivity index (χ3n) is 5.46. The van der Waals surface area contributed by atoms with E-state index in [9.17, 15) is 9.59 Å². The number of benzene rings is 2. The molecule has 4 rings (SSSR count). The van der Waals surface area contributed by atoms with E-state index >= 15 is 0 Å². The number of rotatable bonds is 6. The van der Waals surface area contributed by atoms with Gasteiger partial charge in [-0.1, -0.05) is 47.6 Å². The number of carbonyl (C=O) groups is 2. The highest BCUT2D eigenvalue weighted by molar-refractivity contribution is 5.91. The molecule has 1 fully saturated rings. The van der Waals surface area contributed by atoms with Crippen molar-refractivity contribution in [3.8, 4) is 0 Å². The first kappa shape index (κ1) is 20.1. The Bertz CT molecular complexity index is 1030. The monoisotopic (exact) mass is 406 g/mol. The molecule has 2 amide bonds. The van der Waals surface area contributed by atoms with Gasteiger partial charge in [0, 0.05) is 38.8 Å². The molecule has 0 atom stereocenters. The van der Waals surface area contributed by atoms with Gasteiger partial charge in [0.15, 0.2) is 0 Å². The minimum atomic E-state index is -0.139. The van der Waals surface area contributed by atoms with E-state index in [0.29, 0.717) is 13.1 Å². The van der Waals surface area contributed by atoms with Crippen LogP contribution in [-0.2, 0) is 22.6 Å². The van der Waals surface area contributed by atoms with Crippen molar-refractivity contribution in [1.82, 2.24) is 20.3 Å². The average Bonchev–Trinajstić information content (AvgIpc) is 3.17. The minimum Gasteiger partial charge on any atom is -0.361 e. The number of hydrogen-bond acceptors (Lipinski definition) is 5. The smallest absolute Gasteiger partial charge is 0.242 e. The number of aromatic nitrogens is 1. The molecule has 2 heterocycles. The van der Waals surface area contributed by atoms with Crippen LogP contribution in [0.5, 0.6) is 0 Å². The van der Waals surface area contributed by atoms with E-state index in [1.165, 1.54) is 0 Å². The fourth-order valence-corrected chi connectivity index (χ4v) is 3.85. The van der Waals surface area contributed by atoms with Crippen LogP contribution in [0.15, 0.2) is 53.1 Å². The summed E-state index contributed by atoms with van der Waals surface area (Å²) in [6.45, 7) is 5.49. The molecule has 0 saturated carbocycles. The van der Waals surface area contributed by atoms with Gasteiger partial charge < -0.3 is 14.7 Å². The first-order valence-corrected chi connectivity index (χ1v) is 10.2. The Balaban J connectivity index is 1.23. The van der Waals surface area contributed by atoms with Crippen LogP contribution >= 0.6 is 0 Å². The summed E-state index contributed by atoms with van der Waals surface area (Å²) in [5.74, 6) is 0.621. The van der Waals surface area contributed by atoms with Crippen molar-refractivity contribution < 1.29 is 14.1 Å². The topological polar surface area (TPSA) is 78.7 Å². The molecular weight excluding hydrogens is 380 g/mol. The Labute approximate surface area is 175 Å². The molecule has 3 aromatic rings. The quantitative estimate of drug-likeness (QED) is 0.679. The number of nitrogens with zero attached hydrogens (tertiary/aromatic N) is 3. The van der Waals surface area contributed by atoms with Crippen molar-refractivity contribution in [1.29, 1.82) is 0 Å². The fourth-order valence-electron chi connectivity index (χ4n) is 3.85. The zero-order chi connectivity index (χ0) is 20.9. The number of hydrogen-bond donors (Lipinski definition) is 1. The van der Waals surface area contributed by atoms with Crippen LogP contribution in [0.3, 0.4) is 0 Å². The van der Waals surface area contributed by atoms with E-state index < -0.39 is 0 Å². The van der Waals surface area contributed by atoms with Gasteiger partial charge in [0.2, 0.25) is 11.8 Å². The summed E-state index contributed by atoms with van der Waals surface area (Å²) in [7, 11) is 0. The van der Waals surface area contributed by atoms with Gasteiger partial charge in [-0.15, -0.1) is 0 Å². The summed E-state index contributed by atoms with van der Waals surface area (Å²) in [5.41, 5.74) is 1.88. The van der Waals surface area contributed by atoms with Gasteiger partial charge in [-0.05, 0) is 23.3 Å². The second-order valence-electron chi connectivity index (χ2n) is 7.68. The highest BCUT2D eigenvalue weighted by atomic mass is 16.5. The normalized spacial score (nSPS) is 14.8. The van der Waals surface area contributed by atoms with Crippen LogP contribution in [0.4, 0.5) is 0 Å². The Morgan fingerprint density at radius 3 is 2.60 bits per heavy atom. The second-order valence-corrected chi connectivity index (χ2v) is 7.68. The lowest BCUT2D eigenvalue weighted by molar-refractivity contribution is -0.134. The van der Waals surface area contributed by atoms with E-state index in [4.69, 9.17) is 4.52 Å². The van der Waals surface area contributed by atoms with Gasteiger partial charge in [0.1, 0.15) is 5.76 Å². The molecule has 1 aromatic heterocycles. The van der Waals surface area contributed by atoms with E-state index in [1.807, 2.05) is 60.4 Å². The maximum atomic E-state index is 12.5. The van der Waals surface area contributed by atoms with E-state index in [-0.39, 0.29) is 24.8 Å². The standard InChI is InChI=1S/C23H26N4O3/c1-17-13-20(25-30-17)16-26-9-11-27(12-10-26)23(29)15-24-22(28)14-19-7-4-6-18-5-2-3-8-21(18)19/h2-8,13H,9-12,14-16H2,1H3,(H,24,28). The summed E-state index contributed by atoms with van der Waals surface area (Å²) in [4.78, 5) is 29.0. The summed E-state index contributed by atoms with van der Waals surface area (Å²) in [6, 6.07) is 15.9. The molecule has 0 radical (unpaired) electrons. The summed E-state index contributed by atoms with van der Waals surface area (Å²) in [5, 5.41) is 8.98. The molecular formula is C23H26N4O3. The van der Waals surface area contributed by atoms with Gasteiger partial charge in [0.05, 0.1) is 18.7 Å². The molecule has 0 bridgehead atoms. The SMILES string of the molecule is Cc1cc(CN2CCN(C(=O)CNC(=O)Cc3cccc4ccccc34)CC2)no1. The number of nitrogens with one attached hydrogen (secondary N) is 1. The third-order valence-corrected chi connectivity index (χ3v) is 5.46. The lowest BCUT2D eigenvalue weighted by Crippen LogP contribution is -2.51. The Morgan fingerprint density at radius 2 is 1.83 bits per heavy atom. The molecule has 0 aliphatic carbocycles. The van der Waals surface area contributed by atoms with Gasteiger partial charge in [-0.2, -0.15) is 0 Å². The Morgan fingerprint density at radius 1 is 1.07 bits per heavy atom. The van der Waals surface area contributed by atoms with E-state index in [1.54, 1.807) is 0 Å². The average molecular weight is 406 g/mol. The Kier molecular flexibility index (Phi) is 6.09. The predicted octanol–water partition coefficient (Wildman–Crippen LogP) is 2.14. The summed E-state index contributed by atoms with van der Waals surface area (Å²) < 4.78 is 5.10. The van der Waals surface area contributed by atoms with Crippen LogP contribution in [0.2, 0.25) is 0 Å². The number of amides is 2. The van der Waals surface area contributed by atoms with Crippen molar-refractivity contribution in [3.63, 3.8) is 0 Å². The summed E-state index contributed by atoms with van der Waals surface area (Å²) >= 11 is 0. The van der Waals surface area contributed by atoms with Crippen LogP contribution in [-0.4, -0.2) is 59.5 Å². The van der Waals surface area contributed by atoms with Crippen molar-refractivity contribution in [2.75, 3.05) is 32.7 Å². The van der Waals surface area contributed by atoms with Crippen LogP contribution in [0, 0.1) is 6.92 Å². The first-order chi connectivity index (χ1) is 14.6. The maximum Gasteiger partial charge on any atom is 0.242 e. The minimum absolute atomic E-state index is 0.0338. The number of fused-ring (bicyclic) bond motifs is 1. The van der Waals surface area contributed by atoms with Crippen LogP contribution in [0.1, 0.15) is 17.0 Å². The van der Waals surface area contributed by atoms with Gasteiger partial charge in [0.25, 0.3) is 0 Å². The van der Waals surface area contributed by atoms with Crippen LogP contribution in [0.25, 0.3) is 10.8 Å². The van der Waals surface area contributed by atoms with Crippen molar-refractivity contribution >= 4 is 22.6 Å². The van der Waals surface area contributed by atoms with Crippen molar-refractivity contribution in [2.24, 2.45) is 0 Å². The first-order valence-electron chi connectivity index (χ1n) is 10.2. The molecule has 156 valence electrons. The fraction of sp³-hybridized carbons (Fsp3) is 0.348.